The first-order valence-corrected chi connectivity index (χ1v) is 8.81. The predicted octanol–water partition coefficient (Wildman–Crippen LogP) is 3.65. The molecule has 0 fully saturated rings. The summed E-state index contributed by atoms with van der Waals surface area (Å²) in [6.07, 6.45) is 2.21. The van der Waals surface area contributed by atoms with Gasteiger partial charge in [-0.25, -0.2) is 0 Å². The number of hydrogen-bond donors (Lipinski definition) is 1. The predicted molar refractivity (Wildman–Crippen MR) is 96.8 cm³/mol. The van der Waals surface area contributed by atoms with Gasteiger partial charge in [0, 0.05) is 10.5 Å². The summed E-state index contributed by atoms with van der Waals surface area (Å²) in [6, 6.07) is 15.2. The highest BCUT2D eigenvalue weighted by Gasteiger charge is 2.12. The van der Waals surface area contributed by atoms with Gasteiger partial charge >= 0.3 is 6.01 Å². The Morgan fingerprint density at radius 2 is 2.00 bits per heavy atom. The van der Waals surface area contributed by atoms with E-state index in [0.29, 0.717) is 5.89 Å². The van der Waals surface area contributed by atoms with E-state index in [9.17, 15) is 4.79 Å². The van der Waals surface area contributed by atoms with Crippen molar-refractivity contribution in [2.24, 2.45) is 0 Å². The van der Waals surface area contributed by atoms with Gasteiger partial charge in [-0.3, -0.25) is 10.1 Å². The fourth-order valence-corrected chi connectivity index (χ4v) is 2.70. The molecule has 0 aliphatic rings. The lowest BCUT2D eigenvalue weighted by Gasteiger charge is -2.03. The molecule has 3 aromatic rings. The van der Waals surface area contributed by atoms with Gasteiger partial charge in [0.1, 0.15) is 5.75 Å². The summed E-state index contributed by atoms with van der Waals surface area (Å²) >= 11 is 1.63. The molecule has 25 heavy (non-hydrogen) atoms. The van der Waals surface area contributed by atoms with Crippen molar-refractivity contribution < 1.29 is 13.9 Å². The van der Waals surface area contributed by atoms with Crippen LogP contribution in [-0.2, 0) is 11.2 Å². The largest absolute Gasteiger partial charge is 0.497 e. The van der Waals surface area contributed by atoms with E-state index in [1.165, 1.54) is 0 Å². The van der Waals surface area contributed by atoms with Crippen molar-refractivity contribution in [3.63, 3.8) is 0 Å². The van der Waals surface area contributed by atoms with Gasteiger partial charge in [0.25, 0.3) is 0 Å². The molecule has 0 aliphatic carbocycles. The topological polar surface area (TPSA) is 77.2 Å². The molecular formula is C18H17N3O3S. The fraction of sp³-hybridized carbons (Fsp3) is 0.167. The highest BCUT2D eigenvalue weighted by Crippen LogP contribution is 2.24. The van der Waals surface area contributed by atoms with E-state index >= 15 is 0 Å². The van der Waals surface area contributed by atoms with E-state index in [2.05, 4.69) is 15.5 Å². The molecule has 0 spiro atoms. The van der Waals surface area contributed by atoms with Gasteiger partial charge in [-0.05, 0) is 42.2 Å². The fourth-order valence-electron chi connectivity index (χ4n) is 2.24. The lowest BCUT2D eigenvalue weighted by molar-refractivity contribution is -0.115. The van der Waals surface area contributed by atoms with E-state index in [1.54, 1.807) is 18.9 Å². The number of hydrogen-bond acceptors (Lipinski definition) is 6. The molecule has 0 radical (unpaired) electrons. The Bertz CT molecular complexity index is 862. The smallest absolute Gasteiger partial charge is 0.322 e. The summed E-state index contributed by atoms with van der Waals surface area (Å²) in [5.41, 5.74) is 1.68. The maximum absolute atomic E-state index is 12.1. The molecule has 0 bridgehead atoms. The van der Waals surface area contributed by atoms with Crippen LogP contribution in [0.2, 0.25) is 0 Å². The van der Waals surface area contributed by atoms with Crippen LogP contribution in [0, 0.1) is 0 Å². The van der Waals surface area contributed by atoms with Crippen LogP contribution in [0.1, 0.15) is 5.56 Å². The van der Waals surface area contributed by atoms with Crippen LogP contribution in [0.4, 0.5) is 6.01 Å². The Morgan fingerprint density at radius 1 is 1.20 bits per heavy atom. The van der Waals surface area contributed by atoms with Crippen LogP contribution >= 0.6 is 11.8 Å². The number of ether oxygens (including phenoxy) is 1. The number of nitrogens with one attached hydrogen (secondary N) is 1. The lowest BCUT2D eigenvalue weighted by Crippen LogP contribution is -2.14. The number of thioether (sulfide) groups is 1. The van der Waals surface area contributed by atoms with Crippen LogP contribution < -0.4 is 10.1 Å². The molecule has 2 aromatic carbocycles. The zero-order valence-electron chi connectivity index (χ0n) is 13.9. The highest BCUT2D eigenvalue weighted by molar-refractivity contribution is 7.98. The zero-order valence-corrected chi connectivity index (χ0v) is 14.7. The number of carbonyl (C=O) groups excluding carboxylic acids is 1. The molecule has 7 heteroatoms. The summed E-state index contributed by atoms with van der Waals surface area (Å²) in [5, 5.41) is 10.5. The molecule has 128 valence electrons. The second-order valence-electron chi connectivity index (χ2n) is 5.22. The molecule has 0 saturated heterocycles. The third-order valence-corrected chi connectivity index (χ3v) is 4.24. The van der Waals surface area contributed by atoms with Gasteiger partial charge in [0.2, 0.25) is 11.8 Å². The molecule has 1 N–H and O–H groups in total. The van der Waals surface area contributed by atoms with Crippen molar-refractivity contribution in [2.45, 2.75) is 11.3 Å². The minimum Gasteiger partial charge on any atom is -0.497 e. The average Bonchev–Trinajstić information content (AvgIpc) is 3.10. The Kier molecular flexibility index (Phi) is 5.35. The number of carbonyl (C=O) groups is 1. The van der Waals surface area contributed by atoms with Crippen LogP contribution in [-0.4, -0.2) is 29.5 Å². The SMILES string of the molecule is COc1ccc(CC(=O)Nc2nnc(-c3cccc(SC)c3)o2)cc1. The molecule has 1 amide bonds. The Balaban J connectivity index is 1.64. The van der Waals surface area contributed by atoms with Gasteiger partial charge in [-0.1, -0.05) is 23.3 Å². The van der Waals surface area contributed by atoms with Crippen molar-refractivity contribution in [2.75, 3.05) is 18.7 Å². The number of amides is 1. The zero-order chi connectivity index (χ0) is 17.6. The van der Waals surface area contributed by atoms with Gasteiger partial charge in [-0.15, -0.1) is 16.9 Å². The van der Waals surface area contributed by atoms with Crippen molar-refractivity contribution >= 4 is 23.7 Å². The number of aromatic nitrogens is 2. The van der Waals surface area contributed by atoms with Crippen LogP contribution in [0.3, 0.4) is 0 Å². The second-order valence-corrected chi connectivity index (χ2v) is 6.10. The van der Waals surface area contributed by atoms with Gasteiger partial charge in [0.15, 0.2) is 0 Å². The monoisotopic (exact) mass is 355 g/mol. The first kappa shape index (κ1) is 17.0. The van der Waals surface area contributed by atoms with Gasteiger partial charge in [-0.2, -0.15) is 0 Å². The van der Waals surface area contributed by atoms with E-state index in [1.807, 2.05) is 54.8 Å². The molecule has 0 atom stereocenters. The molecule has 3 rings (SSSR count). The average molecular weight is 355 g/mol. The van der Waals surface area contributed by atoms with Crippen LogP contribution in [0.5, 0.6) is 5.75 Å². The standard InChI is InChI=1S/C18H17N3O3S/c1-23-14-8-6-12(7-9-14)10-16(22)19-18-21-20-17(24-18)13-4-3-5-15(11-13)25-2/h3-9,11H,10H2,1-2H3,(H,19,21,22). The van der Waals surface area contributed by atoms with Crippen molar-refractivity contribution in [1.29, 1.82) is 0 Å². The number of anilines is 1. The van der Waals surface area contributed by atoms with Crippen molar-refractivity contribution in [1.82, 2.24) is 10.2 Å². The molecule has 0 saturated carbocycles. The summed E-state index contributed by atoms with van der Waals surface area (Å²) < 4.78 is 10.6. The Morgan fingerprint density at radius 3 is 2.72 bits per heavy atom. The summed E-state index contributed by atoms with van der Waals surface area (Å²) in [5.74, 6) is 0.895. The van der Waals surface area contributed by atoms with E-state index in [0.717, 1.165) is 21.8 Å². The number of benzene rings is 2. The first-order valence-electron chi connectivity index (χ1n) is 7.58. The van der Waals surface area contributed by atoms with E-state index in [-0.39, 0.29) is 18.3 Å². The molecule has 0 aliphatic heterocycles. The third-order valence-electron chi connectivity index (χ3n) is 3.51. The van der Waals surface area contributed by atoms with Crippen molar-refractivity contribution in [3.8, 4) is 17.2 Å². The van der Waals surface area contributed by atoms with E-state index in [4.69, 9.17) is 9.15 Å². The Hall–Kier alpha value is -2.80. The normalized spacial score (nSPS) is 10.5. The molecule has 0 unspecified atom stereocenters. The number of rotatable bonds is 6. The van der Waals surface area contributed by atoms with Crippen LogP contribution in [0.15, 0.2) is 57.8 Å². The van der Waals surface area contributed by atoms with Crippen LogP contribution in [0.25, 0.3) is 11.5 Å². The Labute approximate surface area is 149 Å². The van der Waals surface area contributed by atoms with Crippen molar-refractivity contribution in [3.05, 3.63) is 54.1 Å². The summed E-state index contributed by atoms with van der Waals surface area (Å²) in [6.45, 7) is 0. The highest BCUT2D eigenvalue weighted by atomic mass is 32.2. The van der Waals surface area contributed by atoms with E-state index < -0.39 is 0 Å². The summed E-state index contributed by atoms with van der Waals surface area (Å²) in [4.78, 5) is 13.2. The molecular weight excluding hydrogens is 338 g/mol. The number of nitrogens with zero attached hydrogens (tertiary/aromatic N) is 2. The molecule has 6 nitrogen and oxygen atoms in total. The van der Waals surface area contributed by atoms with Gasteiger partial charge in [0.05, 0.1) is 13.5 Å². The quantitative estimate of drug-likeness (QED) is 0.680. The minimum absolute atomic E-state index is 0.0862. The second kappa shape index (κ2) is 7.85. The summed E-state index contributed by atoms with van der Waals surface area (Å²) in [7, 11) is 1.60. The third kappa shape index (κ3) is 4.39. The lowest BCUT2D eigenvalue weighted by atomic mass is 10.1. The number of methoxy groups -OCH3 is 1. The maximum atomic E-state index is 12.1. The molecule has 1 heterocycles. The molecule has 1 aromatic heterocycles. The first-order chi connectivity index (χ1) is 12.2. The maximum Gasteiger partial charge on any atom is 0.322 e. The van der Waals surface area contributed by atoms with Gasteiger partial charge < -0.3 is 9.15 Å². The minimum atomic E-state index is -0.224.